The van der Waals surface area contributed by atoms with E-state index in [1.807, 2.05) is 22.7 Å². The van der Waals surface area contributed by atoms with E-state index in [1.54, 1.807) is 0 Å². The predicted octanol–water partition coefficient (Wildman–Crippen LogP) is 25.0. The second kappa shape index (κ2) is 17.3. The molecule has 0 N–H and O–H groups in total. The average molecular weight is 1160 g/mol. The summed E-state index contributed by atoms with van der Waals surface area (Å²) in [5.74, 6) is 0. The minimum Gasteiger partial charge on any atom is -0.309 e. The van der Waals surface area contributed by atoms with Gasteiger partial charge in [-0.05, 0) is 169 Å². The molecule has 4 heteroatoms. The number of fused-ring (bicyclic) bond motifs is 27. The third kappa shape index (κ3) is 6.40. The molecule has 18 aromatic rings. The number of rotatable bonds is 2. The van der Waals surface area contributed by atoms with Gasteiger partial charge in [-0.2, -0.15) is 0 Å². The summed E-state index contributed by atoms with van der Waals surface area (Å²) in [6.07, 6.45) is 0. The van der Waals surface area contributed by atoms with Crippen LogP contribution in [0.1, 0.15) is 49.9 Å². The Balaban J connectivity index is 0.806. The second-order valence-corrected chi connectivity index (χ2v) is 28.0. The number of nitrogens with zero attached hydrogens (tertiary/aromatic N) is 2. The maximum Gasteiger partial charge on any atom is 0.0546 e. The highest BCUT2D eigenvalue weighted by atomic mass is 32.1. The van der Waals surface area contributed by atoms with Gasteiger partial charge < -0.3 is 9.80 Å². The second-order valence-electron chi connectivity index (χ2n) is 25.8. The van der Waals surface area contributed by atoms with Gasteiger partial charge in [-0.25, -0.2) is 0 Å². The number of thiophene rings is 2. The summed E-state index contributed by atoms with van der Waals surface area (Å²) >= 11 is 3.84. The smallest absolute Gasteiger partial charge is 0.0546 e. The van der Waals surface area contributed by atoms with Crippen LogP contribution in [0.15, 0.2) is 255 Å². The third-order valence-corrected chi connectivity index (χ3v) is 23.0. The SMILES string of the molecule is CC1(C)c2ccccc2N(c2cc3c4ccccc4c(N4c5ccccc5C(C)(C)c5cc6c(cc54)sc4ccc5c7ccc8ccccc8c7ccc5c46)cc3c3ccccc23)c2cc3sc4ccc5c6ccc7ccccc7c6ccc5c4c3cc21. The van der Waals surface area contributed by atoms with Crippen LogP contribution in [0.4, 0.5) is 34.1 Å². The molecule has 20 rings (SSSR count). The van der Waals surface area contributed by atoms with Crippen LogP contribution in [-0.4, -0.2) is 0 Å². The number of anilines is 6. The van der Waals surface area contributed by atoms with Crippen molar-refractivity contribution in [3.05, 3.63) is 277 Å². The number of para-hydroxylation sites is 2. The maximum atomic E-state index is 2.62. The Bertz CT molecular complexity index is 5830. The summed E-state index contributed by atoms with van der Waals surface area (Å²) in [6.45, 7) is 9.73. The lowest BCUT2D eigenvalue weighted by Crippen LogP contribution is -2.30. The van der Waals surface area contributed by atoms with Crippen molar-refractivity contribution in [3.8, 4) is 0 Å². The van der Waals surface area contributed by atoms with E-state index in [2.05, 4.69) is 292 Å². The lowest BCUT2D eigenvalue weighted by Gasteiger charge is -2.43. The summed E-state index contributed by atoms with van der Waals surface area (Å²) in [5, 5.41) is 28.4. The number of hydrogen-bond donors (Lipinski definition) is 0. The van der Waals surface area contributed by atoms with Gasteiger partial charge in [0.2, 0.25) is 0 Å². The van der Waals surface area contributed by atoms with Gasteiger partial charge in [-0.1, -0.05) is 222 Å². The number of hydrogen-bond acceptors (Lipinski definition) is 4. The minimum atomic E-state index is -0.287. The molecule has 0 spiro atoms. The Labute approximate surface area is 515 Å². The first-order chi connectivity index (χ1) is 43.2. The van der Waals surface area contributed by atoms with Crippen molar-refractivity contribution in [2.45, 2.75) is 38.5 Å². The van der Waals surface area contributed by atoms with Gasteiger partial charge in [0, 0.05) is 61.9 Å². The van der Waals surface area contributed by atoms with Crippen molar-refractivity contribution in [2.24, 2.45) is 0 Å². The fraction of sp³-hybridized carbons (Fsp3) is 0.0714. The van der Waals surface area contributed by atoms with E-state index in [-0.39, 0.29) is 10.8 Å². The van der Waals surface area contributed by atoms with Gasteiger partial charge in [0.25, 0.3) is 0 Å². The molecule has 0 radical (unpaired) electrons. The first-order valence-corrected chi connectivity index (χ1v) is 32.4. The largest absolute Gasteiger partial charge is 0.309 e. The van der Waals surface area contributed by atoms with Crippen LogP contribution in [0, 0.1) is 0 Å². The van der Waals surface area contributed by atoms with Crippen molar-refractivity contribution in [1.29, 1.82) is 0 Å². The maximum absolute atomic E-state index is 2.62. The Morgan fingerprint density at radius 3 is 1.00 bits per heavy atom. The van der Waals surface area contributed by atoms with Crippen molar-refractivity contribution in [1.82, 2.24) is 0 Å². The molecule has 88 heavy (non-hydrogen) atoms. The minimum absolute atomic E-state index is 0.287. The first kappa shape index (κ1) is 49.1. The lowest BCUT2D eigenvalue weighted by molar-refractivity contribution is 0.633. The lowest BCUT2D eigenvalue weighted by atomic mass is 9.73. The van der Waals surface area contributed by atoms with E-state index in [1.165, 1.54) is 194 Å². The van der Waals surface area contributed by atoms with Crippen LogP contribution >= 0.6 is 22.7 Å². The Morgan fingerprint density at radius 1 is 0.216 bits per heavy atom. The highest BCUT2D eigenvalue weighted by Gasteiger charge is 2.40. The molecular formula is C84H54N2S2. The zero-order valence-corrected chi connectivity index (χ0v) is 50.6. The summed E-state index contributed by atoms with van der Waals surface area (Å²) in [6, 6.07) is 97.7. The summed E-state index contributed by atoms with van der Waals surface area (Å²) < 4.78 is 5.23. The van der Waals surface area contributed by atoms with Crippen molar-refractivity contribution in [3.63, 3.8) is 0 Å². The molecule has 0 aliphatic carbocycles. The van der Waals surface area contributed by atoms with Crippen LogP contribution in [0.2, 0.25) is 0 Å². The fourth-order valence-corrected chi connectivity index (χ4v) is 18.8. The normalized spacial score (nSPS) is 14.5. The van der Waals surface area contributed by atoms with Gasteiger partial charge in [-0.15, -0.1) is 22.7 Å². The Kier molecular flexibility index (Phi) is 9.66. The van der Waals surface area contributed by atoms with Gasteiger partial charge in [0.15, 0.2) is 0 Å². The molecule has 0 unspecified atom stereocenters. The van der Waals surface area contributed by atoms with E-state index in [4.69, 9.17) is 0 Å². The van der Waals surface area contributed by atoms with Crippen LogP contribution < -0.4 is 9.80 Å². The molecule has 412 valence electrons. The molecule has 0 amide bonds. The van der Waals surface area contributed by atoms with Crippen LogP contribution in [0.5, 0.6) is 0 Å². The van der Waals surface area contributed by atoms with Gasteiger partial charge in [0.1, 0.15) is 0 Å². The zero-order chi connectivity index (χ0) is 58.1. The molecule has 0 atom stereocenters. The van der Waals surface area contributed by atoms with Crippen LogP contribution in [0.25, 0.3) is 137 Å². The van der Waals surface area contributed by atoms with Crippen LogP contribution in [-0.2, 0) is 10.8 Å². The standard InChI is InChI=1S/C84H54N2S2/c1-83(2)67-25-13-15-27-71(67)85(75-45-79-65(41-69(75)83)81-61-35-33-53-49-19-7-5-17-47(49)29-31-55(53)57(61)37-39-77(81)87-79)73-43-63-52-22-10-12-24-60(52)74(44-64(63)51-21-9-11-23-59(51)73)86-72-28-16-14-26-68(72)84(3,4)70-42-66-80(46-76(70)86)88-78-40-38-58-56-32-30-48-18-6-8-20-50(48)54(56)34-36-62(58)82(66)78/h5-46H,1-4H3. The predicted molar refractivity (Wildman–Crippen MR) is 383 cm³/mol. The van der Waals surface area contributed by atoms with E-state index in [0.717, 1.165) is 0 Å². The molecule has 2 aliphatic rings. The van der Waals surface area contributed by atoms with Crippen molar-refractivity contribution in [2.75, 3.05) is 9.80 Å². The highest BCUT2D eigenvalue weighted by molar-refractivity contribution is 7.26. The van der Waals surface area contributed by atoms with Gasteiger partial charge in [-0.3, -0.25) is 0 Å². The van der Waals surface area contributed by atoms with Gasteiger partial charge >= 0.3 is 0 Å². The molecule has 0 fully saturated rings. The van der Waals surface area contributed by atoms with Crippen molar-refractivity contribution >= 4 is 194 Å². The molecular weight excluding hydrogens is 1100 g/mol. The third-order valence-electron chi connectivity index (χ3n) is 20.7. The molecule has 0 saturated heterocycles. The highest BCUT2D eigenvalue weighted by Crippen LogP contribution is 2.59. The molecule has 4 heterocycles. The van der Waals surface area contributed by atoms with E-state index in [0.29, 0.717) is 0 Å². The van der Waals surface area contributed by atoms with E-state index in [9.17, 15) is 0 Å². The number of benzene rings is 16. The van der Waals surface area contributed by atoms with E-state index < -0.39 is 0 Å². The Morgan fingerprint density at radius 2 is 0.545 bits per heavy atom. The molecule has 2 aliphatic heterocycles. The molecule has 2 nitrogen and oxygen atoms in total. The van der Waals surface area contributed by atoms with Crippen LogP contribution in [0.3, 0.4) is 0 Å². The van der Waals surface area contributed by atoms with Crippen molar-refractivity contribution < 1.29 is 0 Å². The fourth-order valence-electron chi connectivity index (χ4n) is 16.5. The van der Waals surface area contributed by atoms with Gasteiger partial charge in [0.05, 0.1) is 34.1 Å². The molecule has 2 aromatic heterocycles. The monoisotopic (exact) mass is 1150 g/mol. The average Bonchev–Trinajstić information content (AvgIpc) is 1.15. The molecule has 0 bridgehead atoms. The van der Waals surface area contributed by atoms with E-state index >= 15 is 0 Å². The zero-order valence-electron chi connectivity index (χ0n) is 49.0. The summed E-state index contributed by atoms with van der Waals surface area (Å²) in [7, 11) is 0. The quantitative estimate of drug-likeness (QED) is 0.159. The topological polar surface area (TPSA) is 6.48 Å². The molecule has 0 saturated carbocycles. The Hall–Kier alpha value is -10.1. The molecule has 16 aromatic carbocycles. The summed E-state index contributed by atoms with van der Waals surface area (Å²) in [5.41, 5.74) is 12.0. The summed E-state index contributed by atoms with van der Waals surface area (Å²) in [4.78, 5) is 5.23. The first-order valence-electron chi connectivity index (χ1n) is 30.8.